The predicted molar refractivity (Wildman–Crippen MR) is 112 cm³/mol. The smallest absolute Gasteiger partial charge is 0.281 e. The van der Waals surface area contributed by atoms with Gasteiger partial charge in [-0.25, -0.2) is 4.98 Å². The number of amides is 2. The van der Waals surface area contributed by atoms with Crippen LogP contribution in [-0.2, 0) is 9.53 Å². The Morgan fingerprint density at radius 3 is 2.60 bits per heavy atom. The number of hydrazine groups is 1. The Hall–Kier alpha value is -3.24. The molecule has 156 valence electrons. The van der Waals surface area contributed by atoms with E-state index in [9.17, 15) is 9.59 Å². The maximum absolute atomic E-state index is 12.9. The van der Waals surface area contributed by atoms with Gasteiger partial charge >= 0.3 is 0 Å². The number of hydrogen-bond donors (Lipinski definition) is 2. The Balaban J connectivity index is 1.45. The summed E-state index contributed by atoms with van der Waals surface area (Å²) in [6, 6.07) is 10.3. The highest BCUT2D eigenvalue weighted by Gasteiger charge is 2.25. The molecule has 0 spiro atoms. The van der Waals surface area contributed by atoms with Crippen molar-refractivity contribution < 1.29 is 14.3 Å². The summed E-state index contributed by atoms with van der Waals surface area (Å²) in [7, 11) is 0. The van der Waals surface area contributed by atoms with Gasteiger partial charge in [0.1, 0.15) is 4.88 Å². The fourth-order valence-corrected chi connectivity index (χ4v) is 4.23. The van der Waals surface area contributed by atoms with Crippen LogP contribution < -0.4 is 15.8 Å². The molecule has 1 aliphatic heterocycles. The van der Waals surface area contributed by atoms with Gasteiger partial charge in [0, 0.05) is 25.5 Å². The van der Waals surface area contributed by atoms with Gasteiger partial charge < -0.3 is 9.64 Å². The van der Waals surface area contributed by atoms with Crippen LogP contribution in [0, 0.1) is 6.92 Å². The van der Waals surface area contributed by atoms with Crippen LogP contribution in [0.1, 0.15) is 27.0 Å². The number of ether oxygens (including phenoxy) is 1. The van der Waals surface area contributed by atoms with Gasteiger partial charge in [0.05, 0.1) is 18.9 Å². The summed E-state index contributed by atoms with van der Waals surface area (Å²) in [4.78, 5) is 32.7. The van der Waals surface area contributed by atoms with Crippen molar-refractivity contribution in [2.24, 2.45) is 0 Å². The van der Waals surface area contributed by atoms with Crippen LogP contribution in [0.25, 0.3) is 0 Å². The number of hydrogen-bond acceptors (Lipinski definition) is 7. The van der Waals surface area contributed by atoms with Crippen molar-refractivity contribution in [2.75, 3.05) is 31.2 Å². The summed E-state index contributed by atoms with van der Waals surface area (Å²) in [5, 5.41) is 4.97. The second-order valence-electron chi connectivity index (χ2n) is 6.75. The van der Waals surface area contributed by atoms with Crippen molar-refractivity contribution in [1.82, 2.24) is 25.6 Å². The first kappa shape index (κ1) is 20.0. The fourth-order valence-electron chi connectivity index (χ4n) is 3.22. The summed E-state index contributed by atoms with van der Waals surface area (Å²) in [5.74, 6) is -0.793. The lowest BCUT2D eigenvalue weighted by molar-refractivity contribution is -0.124. The van der Waals surface area contributed by atoms with E-state index >= 15 is 0 Å². The number of nitrogens with zero attached hydrogens (tertiary/aromatic N) is 4. The van der Waals surface area contributed by atoms with Gasteiger partial charge in [-0.15, -0.1) is 0 Å². The zero-order valence-corrected chi connectivity index (χ0v) is 17.3. The van der Waals surface area contributed by atoms with Gasteiger partial charge in [-0.2, -0.15) is 5.10 Å². The molecule has 0 aliphatic carbocycles. The van der Waals surface area contributed by atoms with E-state index in [1.165, 1.54) is 11.3 Å². The molecule has 2 N–H and O–H groups in total. The van der Waals surface area contributed by atoms with Crippen LogP contribution >= 0.6 is 11.3 Å². The molecule has 9 nitrogen and oxygen atoms in total. The van der Waals surface area contributed by atoms with E-state index in [-0.39, 0.29) is 0 Å². The maximum Gasteiger partial charge on any atom is 0.281 e. The number of thiazole rings is 1. The highest BCUT2D eigenvalue weighted by molar-refractivity contribution is 7.17. The first-order valence-electron chi connectivity index (χ1n) is 9.58. The molecule has 0 radical (unpaired) electrons. The van der Waals surface area contributed by atoms with Crippen molar-refractivity contribution in [1.29, 1.82) is 0 Å². The minimum absolute atomic E-state index is 0.395. The van der Waals surface area contributed by atoms with E-state index in [4.69, 9.17) is 4.74 Å². The second-order valence-corrected chi connectivity index (χ2v) is 7.73. The van der Waals surface area contributed by atoms with E-state index in [0.29, 0.717) is 23.8 Å². The van der Waals surface area contributed by atoms with Crippen LogP contribution in [0.15, 0.2) is 48.8 Å². The molecule has 0 bridgehead atoms. The average molecular weight is 427 g/mol. The van der Waals surface area contributed by atoms with Crippen molar-refractivity contribution in [3.05, 3.63) is 64.9 Å². The lowest BCUT2D eigenvalue weighted by Crippen LogP contribution is -2.45. The standard InChI is InChI=1S/C20H22N6O3S/c1-14-17(30-20(22-14)25-10-12-29-13-11-25)19(28)24-23-18(27)16(26-9-5-8-21-26)15-6-3-2-4-7-15/h2-9,16H,10-13H2,1H3,(H,23,27)(H,24,28). The number of anilines is 1. The average Bonchev–Trinajstić information content (AvgIpc) is 3.44. The summed E-state index contributed by atoms with van der Waals surface area (Å²) in [5.41, 5.74) is 6.43. The lowest BCUT2D eigenvalue weighted by Gasteiger charge is -2.26. The zero-order chi connectivity index (χ0) is 20.9. The predicted octanol–water partition coefficient (Wildman–Crippen LogP) is 1.54. The summed E-state index contributed by atoms with van der Waals surface area (Å²) in [6.07, 6.45) is 3.32. The van der Waals surface area contributed by atoms with Crippen molar-refractivity contribution >= 4 is 28.3 Å². The number of carbonyl (C=O) groups excluding carboxylic acids is 2. The van der Waals surface area contributed by atoms with E-state index in [2.05, 4.69) is 25.8 Å². The molecule has 1 atom stereocenters. The normalized spacial score (nSPS) is 14.9. The molecule has 3 heterocycles. The van der Waals surface area contributed by atoms with E-state index in [0.717, 1.165) is 23.8 Å². The number of morpholine rings is 1. The quantitative estimate of drug-likeness (QED) is 0.600. The van der Waals surface area contributed by atoms with Crippen LogP contribution in [0.2, 0.25) is 0 Å². The minimum Gasteiger partial charge on any atom is -0.378 e. The Morgan fingerprint density at radius 1 is 1.13 bits per heavy atom. The molecule has 1 saturated heterocycles. The van der Waals surface area contributed by atoms with E-state index < -0.39 is 17.9 Å². The summed E-state index contributed by atoms with van der Waals surface area (Å²) >= 11 is 1.31. The molecule has 2 amide bonds. The number of carbonyl (C=O) groups is 2. The lowest BCUT2D eigenvalue weighted by atomic mass is 10.1. The topological polar surface area (TPSA) is 101 Å². The SMILES string of the molecule is Cc1nc(N2CCOCC2)sc1C(=O)NNC(=O)C(c1ccccc1)n1cccn1. The second kappa shape index (κ2) is 9.06. The number of benzene rings is 1. The molecular weight excluding hydrogens is 404 g/mol. The van der Waals surface area contributed by atoms with Crippen LogP contribution in [0.4, 0.5) is 5.13 Å². The number of rotatable bonds is 5. The zero-order valence-electron chi connectivity index (χ0n) is 16.4. The van der Waals surface area contributed by atoms with Crippen LogP contribution in [0.5, 0.6) is 0 Å². The largest absolute Gasteiger partial charge is 0.378 e. The van der Waals surface area contributed by atoms with E-state index in [1.807, 2.05) is 30.3 Å². The maximum atomic E-state index is 12.9. The molecule has 1 fully saturated rings. The minimum atomic E-state index is -0.701. The third-order valence-electron chi connectivity index (χ3n) is 4.73. The number of nitrogens with one attached hydrogen (secondary N) is 2. The monoisotopic (exact) mass is 426 g/mol. The molecule has 1 aliphatic rings. The fraction of sp³-hybridized carbons (Fsp3) is 0.300. The Labute approximate surface area is 177 Å². The Morgan fingerprint density at radius 2 is 1.90 bits per heavy atom. The van der Waals surface area contributed by atoms with Crippen molar-refractivity contribution in [3.63, 3.8) is 0 Å². The van der Waals surface area contributed by atoms with Gasteiger partial charge in [-0.05, 0) is 18.6 Å². The molecule has 3 aromatic rings. The molecule has 0 saturated carbocycles. The molecule has 30 heavy (non-hydrogen) atoms. The Kier molecular flexibility index (Phi) is 6.05. The first-order chi connectivity index (χ1) is 14.6. The van der Waals surface area contributed by atoms with Gasteiger partial charge in [-0.1, -0.05) is 41.7 Å². The molecule has 4 rings (SSSR count). The molecule has 1 aromatic carbocycles. The molecule has 1 unspecified atom stereocenters. The van der Waals surface area contributed by atoms with Crippen molar-refractivity contribution in [3.8, 4) is 0 Å². The highest BCUT2D eigenvalue weighted by atomic mass is 32.1. The van der Waals surface area contributed by atoms with Crippen LogP contribution in [0.3, 0.4) is 0 Å². The third-order valence-corrected chi connectivity index (χ3v) is 5.94. The number of aryl methyl sites for hydroxylation is 1. The Bertz CT molecular complexity index is 999. The van der Waals surface area contributed by atoms with E-state index in [1.54, 1.807) is 30.1 Å². The summed E-state index contributed by atoms with van der Waals surface area (Å²) in [6.45, 7) is 4.56. The van der Waals surface area contributed by atoms with Crippen molar-refractivity contribution in [2.45, 2.75) is 13.0 Å². The first-order valence-corrected chi connectivity index (χ1v) is 10.4. The van der Waals surface area contributed by atoms with Gasteiger partial charge in [0.15, 0.2) is 11.2 Å². The molecule has 2 aromatic heterocycles. The third kappa shape index (κ3) is 4.34. The van der Waals surface area contributed by atoms with Gasteiger partial charge in [0.25, 0.3) is 11.8 Å². The van der Waals surface area contributed by atoms with Gasteiger partial charge in [0.2, 0.25) is 0 Å². The molecular formula is C20H22N6O3S. The highest BCUT2D eigenvalue weighted by Crippen LogP contribution is 2.26. The summed E-state index contributed by atoms with van der Waals surface area (Å²) < 4.78 is 6.91. The van der Waals surface area contributed by atoms with Crippen LogP contribution in [-0.4, -0.2) is 52.9 Å². The van der Waals surface area contributed by atoms with Gasteiger partial charge in [-0.3, -0.25) is 25.1 Å². The molecule has 10 heteroatoms. The number of aromatic nitrogens is 3.